The number of rotatable bonds is 24. The summed E-state index contributed by atoms with van der Waals surface area (Å²) in [5, 5.41) is 0. The van der Waals surface area contributed by atoms with Gasteiger partial charge in [-0.1, -0.05) is 51.4 Å². The fourth-order valence-electron chi connectivity index (χ4n) is 9.79. The van der Waals surface area contributed by atoms with Crippen LogP contribution in [0.15, 0.2) is 66.7 Å². The van der Waals surface area contributed by atoms with Gasteiger partial charge in [-0.05, 0) is 73.8 Å². The molecular formula is C55H73F3N6O13SSi2. The molecule has 436 valence electrons. The lowest BCUT2D eigenvalue weighted by atomic mass is 10.0. The summed E-state index contributed by atoms with van der Waals surface area (Å²) in [6.07, 6.45) is 3.97. The minimum absolute atomic E-state index is 0.0594. The number of carbonyl (C=O) groups excluding carboxylic acids is 4. The summed E-state index contributed by atoms with van der Waals surface area (Å²) >= 11 is 0. The third-order valence-corrected chi connectivity index (χ3v) is 19.0. The van der Waals surface area contributed by atoms with Gasteiger partial charge in [-0.25, -0.2) is 0 Å². The average Bonchev–Trinajstić information content (AvgIpc) is 4.09. The van der Waals surface area contributed by atoms with E-state index in [1.165, 1.54) is 36.2 Å². The molecule has 5 heterocycles. The maximum atomic E-state index is 14.7. The minimum atomic E-state index is -6.08. The van der Waals surface area contributed by atoms with E-state index in [1.54, 1.807) is 23.2 Å². The van der Waals surface area contributed by atoms with Gasteiger partial charge in [0.25, 0.3) is 23.6 Å². The highest BCUT2D eigenvalue weighted by atomic mass is 32.2. The number of carbonyl (C=O) groups is 4. The van der Waals surface area contributed by atoms with Crippen LogP contribution in [0, 0.1) is 0 Å². The number of ether oxygens (including phenoxy) is 6. The van der Waals surface area contributed by atoms with Crippen LogP contribution in [0.25, 0.3) is 5.57 Å². The Hall–Kier alpha value is -6.13. The molecule has 0 N–H and O–H groups in total. The maximum Gasteiger partial charge on any atom is 0.534 e. The molecule has 0 spiro atoms. The molecule has 0 bridgehead atoms. The third-order valence-electron chi connectivity index (χ3n) is 14.6. The largest absolute Gasteiger partial charge is 0.534 e. The van der Waals surface area contributed by atoms with Crippen LogP contribution >= 0.6 is 0 Å². The number of likely N-dealkylation sites (N-methyl/N-ethyl adjacent to an activating group) is 1. The smallest absolute Gasteiger partial charge is 0.493 e. The number of anilines is 3. The number of methoxy groups -OCH3 is 2. The lowest BCUT2D eigenvalue weighted by Crippen LogP contribution is -2.45. The molecule has 5 aliphatic rings. The maximum absolute atomic E-state index is 14.7. The number of amides is 4. The van der Waals surface area contributed by atoms with Crippen LogP contribution in [-0.2, 0) is 33.4 Å². The Morgan fingerprint density at radius 2 is 1.09 bits per heavy atom. The fourth-order valence-corrected chi connectivity index (χ4v) is 11.8. The average molecular weight is 1170 g/mol. The van der Waals surface area contributed by atoms with Crippen molar-refractivity contribution in [3.05, 3.63) is 83.4 Å². The summed E-state index contributed by atoms with van der Waals surface area (Å²) < 4.78 is 104. The molecule has 80 heavy (non-hydrogen) atoms. The van der Waals surface area contributed by atoms with Crippen molar-refractivity contribution in [1.82, 2.24) is 14.7 Å². The highest BCUT2D eigenvalue weighted by Gasteiger charge is 2.51. The zero-order chi connectivity index (χ0) is 57.9. The molecule has 5 aliphatic heterocycles. The number of unbranched alkanes of at least 4 members (excludes halogenated alkanes) is 2. The number of piperazine rings is 1. The van der Waals surface area contributed by atoms with Crippen molar-refractivity contribution >= 4 is 72.5 Å². The number of fused-ring (bicyclic) bond motifs is 4. The van der Waals surface area contributed by atoms with Gasteiger partial charge < -0.3 is 47.3 Å². The number of alkyl halides is 3. The summed E-state index contributed by atoms with van der Waals surface area (Å²) in [6.45, 7) is 17.8. The van der Waals surface area contributed by atoms with E-state index in [-0.39, 0.29) is 73.4 Å². The third kappa shape index (κ3) is 13.8. The van der Waals surface area contributed by atoms with Crippen LogP contribution in [-0.4, -0.2) is 168 Å². The van der Waals surface area contributed by atoms with Crippen LogP contribution in [0.2, 0.25) is 51.4 Å². The first-order valence-corrected chi connectivity index (χ1v) is 35.7. The van der Waals surface area contributed by atoms with Crippen molar-refractivity contribution in [3.63, 3.8) is 0 Å². The molecule has 1 fully saturated rings. The first kappa shape index (κ1) is 60.0. The molecule has 0 aliphatic carbocycles. The SMILES string of the molecule is COc1cc2c(cc1OCCCCCOc1cc3c(cc1OC)C(=O)N1C=C(c4ccc(N5CCN(C)CC5)cc4)C[C@H]1C(=O)N3COCC[Si](C)(C)C)N(COCC[Si](C)(C)C)C(=O)[C@@H]1CC(OS(=O)(=O)C(F)(F)F)=CN1C2=O. The van der Waals surface area contributed by atoms with E-state index in [4.69, 9.17) is 28.4 Å². The summed E-state index contributed by atoms with van der Waals surface area (Å²) in [5.74, 6) is -1.93. The molecule has 19 nitrogen and oxygen atoms in total. The predicted octanol–water partition coefficient (Wildman–Crippen LogP) is 8.58. The second-order valence-corrected chi connectivity index (χ2v) is 35.7. The van der Waals surface area contributed by atoms with E-state index in [9.17, 15) is 40.8 Å². The number of halogens is 3. The van der Waals surface area contributed by atoms with Crippen molar-refractivity contribution in [3.8, 4) is 23.0 Å². The monoisotopic (exact) mass is 1170 g/mol. The fraction of sp³-hybridized carbons (Fsp3) is 0.527. The molecule has 25 heteroatoms. The second-order valence-electron chi connectivity index (χ2n) is 23.0. The Morgan fingerprint density at radius 1 is 0.613 bits per heavy atom. The van der Waals surface area contributed by atoms with Gasteiger partial charge in [0.15, 0.2) is 23.0 Å². The minimum Gasteiger partial charge on any atom is -0.493 e. The van der Waals surface area contributed by atoms with Crippen LogP contribution < -0.4 is 33.6 Å². The molecular weight excluding hydrogens is 1100 g/mol. The van der Waals surface area contributed by atoms with E-state index >= 15 is 0 Å². The van der Waals surface area contributed by atoms with Gasteiger partial charge in [0, 0.05) is 98.6 Å². The topological polar surface area (TPSA) is 186 Å². The summed E-state index contributed by atoms with van der Waals surface area (Å²) in [6, 6.07) is 13.8. The van der Waals surface area contributed by atoms with Crippen molar-refractivity contribution in [2.45, 2.75) is 101 Å². The van der Waals surface area contributed by atoms with E-state index in [0.29, 0.717) is 49.5 Å². The van der Waals surface area contributed by atoms with Gasteiger partial charge in [-0.2, -0.15) is 21.6 Å². The van der Waals surface area contributed by atoms with Crippen molar-refractivity contribution < 1.29 is 73.4 Å². The molecule has 0 saturated carbocycles. The quantitative estimate of drug-likeness (QED) is 0.0359. The Balaban J connectivity index is 0.946. The van der Waals surface area contributed by atoms with Crippen LogP contribution in [0.3, 0.4) is 0 Å². The van der Waals surface area contributed by atoms with Crippen molar-refractivity contribution in [2.24, 2.45) is 0 Å². The van der Waals surface area contributed by atoms with Crippen LogP contribution in [0.5, 0.6) is 23.0 Å². The number of hydrogen-bond acceptors (Lipinski definition) is 15. The first-order valence-electron chi connectivity index (χ1n) is 26.9. The number of hydrogen-bond donors (Lipinski definition) is 0. The van der Waals surface area contributed by atoms with Crippen molar-refractivity contribution in [1.29, 1.82) is 0 Å². The Kier molecular flexibility index (Phi) is 18.4. The molecule has 0 radical (unpaired) electrons. The van der Waals surface area contributed by atoms with Gasteiger partial charge in [0.05, 0.1) is 49.9 Å². The van der Waals surface area contributed by atoms with Gasteiger partial charge in [-0.3, -0.25) is 33.9 Å². The molecule has 3 aromatic carbocycles. The molecule has 0 unspecified atom stereocenters. The van der Waals surface area contributed by atoms with Crippen LogP contribution in [0.1, 0.15) is 58.4 Å². The molecule has 4 amide bonds. The normalized spacial score (nSPS) is 19.0. The van der Waals surface area contributed by atoms with E-state index in [2.05, 4.69) is 84.6 Å². The lowest BCUT2D eigenvalue weighted by Gasteiger charge is -2.34. The van der Waals surface area contributed by atoms with E-state index in [0.717, 1.165) is 66.2 Å². The highest BCUT2D eigenvalue weighted by molar-refractivity contribution is 7.87. The highest BCUT2D eigenvalue weighted by Crippen LogP contribution is 2.44. The first-order chi connectivity index (χ1) is 37.8. The Morgan fingerprint density at radius 3 is 1.55 bits per heavy atom. The molecule has 1 saturated heterocycles. The number of benzene rings is 3. The summed E-state index contributed by atoms with van der Waals surface area (Å²) in [5.41, 5.74) is -2.11. The van der Waals surface area contributed by atoms with Crippen LogP contribution in [0.4, 0.5) is 30.2 Å². The van der Waals surface area contributed by atoms with Crippen molar-refractivity contribution in [2.75, 3.05) is 102 Å². The molecule has 2 atom stereocenters. The van der Waals surface area contributed by atoms with Gasteiger partial charge in [-0.15, -0.1) is 0 Å². The zero-order valence-corrected chi connectivity index (χ0v) is 49.8. The lowest BCUT2D eigenvalue weighted by molar-refractivity contribution is -0.123. The summed E-state index contributed by atoms with van der Waals surface area (Å²) in [4.78, 5) is 67.5. The predicted molar refractivity (Wildman–Crippen MR) is 301 cm³/mol. The molecule has 8 rings (SSSR count). The van der Waals surface area contributed by atoms with E-state index in [1.807, 2.05) is 0 Å². The Bertz CT molecular complexity index is 2980. The van der Waals surface area contributed by atoms with Gasteiger partial charge in [0.1, 0.15) is 31.3 Å². The van der Waals surface area contributed by atoms with Gasteiger partial charge in [0.2, 0.25) is 0 Å². The molecule has 3 aromatic rings. The number of nitrogens with zero attached hydrogens (tertiary/aromatic N) is 6. The second kappa shape index (κ2) is 24.5. The van der Waals surface area contributed by atoms with Gasteiger partial charge >= 0.3 is 15.6 Å². The Labute approximate surface area is 468 Å². The summed E-state index contributed by atoms with van der Waals surface area (Å²) in [7, 11) is -4.17. The standard InChI is InChI=1S/C55H73F3N6O13SSi2/c1-59-17-19-60(20-18-59)39-15-13-37(14-16-39)38-27-45-53(67)63(35-73-23-25-79(4,5)6)43-31-49(47(71-2)29-41(43)51(65)61(45)33-38)75-21-11-10-12-22-76-50-32-44-42(30-48(50)72-3)52(66)62-34-40(77-78(69,70)55(56,57)58)28-46(62)54(68)64(44)36-74-24-26-80(7,8)9/h13-16,29-34,45-46H,10-12,17-28,35-36H2,1-9H3/t45-,46-/m0/s1. The van der Waals surface area contributed by atoms with E-state index < -0.39 is 67.9 Å². The molecule has 0 aromatic heterocycles. The zero-order valence-electron chi connectivity index (χ0n) is 47.0.